The van der Waals surface area contributed by atoms with Crippen molar-refractivity contribution in [3.8, 4) is 0 Å². The van der Waals surface area contributed by atoms with Gasteiger partial charge in [0, 0.05) is 5.39 Å². The van der Waals surface area contributed by atoms with Crippen LogP contribution in [-0.4, -0.2) is 20.0 Å². The first-order valence-corrected chi connectivity index (χ1v) is 10.1. The minimum Gasteiger partial charge on any atom is -0.400 e. The van der Waals surface area contributed by atoms with Crippen LogP contribution in [0.4, 0.5) is 11.4 Å². The van der Waals surface area contributed by atoms with Gasteiger partial charge in [0.2, 0.25) is 0 Å². The number of fused-ring (bicyclic) bond motifs is 1. The summed E-state index contributed by atoms with van der Waals surface area (Å²) in [6.07, 6.45) is 1.69. The number of hydrogen-bond acceptors (Lipinski definition) is 4. The highest BCUT2D eigenvalue weighted by Gasteiger charge is 2.37. The summed E-state index contributed by atoms with van der Waals surface area (Å²) >= 11 is 0. The summed E-state index contributed by atoms with van der Waals surface area (Å²) in [5.74, 6) is 0. The fraction of sp³-hybridized carbons (Fsp3) is 0.438. The quantitative estimate of drug-likeness (QED) is 0.656. The summed E-state index contributed by atoms with van der Waals surface area (Å²) in [6, 6.07) is 7.97. The molecule has 0 radical (unpaired) electrons. The van der Waals surface area contributed by atoms with Crippen LogP contribution in [0.25, 0.3) is 10.9 Å². The Balaban J connectivity index is 2.16. The fourth-order valence-corrected chi connectivity index (χ4v) is 2.73. The lowest BCUT2D eigenvalue weighted by atomic mass is 10.1. The Morgan fingerprint density at radius 3 is 2.57 bits per heavy atom. The number of anilines is 2. The second kappa shape index (κ2) is 5.65. The van der Waals surface area contributed by atoms with E-state index in [1.165, 1.54) is 0 Å². The number of nitrogens with two attached hydrogens (primary N) is 1. The van der Waals surface area contributed by atoms with E-state index in [-0.39, 0.29) is 5.04 Å². The zero-order valence-corrected chi connectivity index (χ0v) is 14.5. The third kappa shape index (κ3) is 3.36. The number of nitrogen functional groups attached to an aromatic ring is 1. The van der Waals surface area contributed by atoms with Gasteiger partial charge >= 0.3 is 0 Å². The predicted molar refractivity (Wildman–Crippen MR) is 92.9 cm³/mol. The van der Waals surface area contributed by atoms with Crippen LogP contribution in [0.3, 0.4) is 0 Å². The van der Waals surface area contributed by atoms with Gasteiger partial charge in [0.25, 0.3) is 0 Å². The average molecular weight is 303 g/mol. The standard InChI is InChI=1S/C16H25N3OSi/c1-16(2,3)21(4,5)20-11-19-15-12-8-6-7-9-14(12)18-10-13(15)17/h6-10H,11,17H2,1-5H3,(H,18,19). The molecule has 0 fully saturated rings. The first-order chi connectivity index (χ1) is 9.72. The van der Waals surface area contributed by atoms with Crippen molar-refractivity contribution in [1.29, 1.82) is 0 Å². The number of aromatic nitrogens is 1. The van der Waals surface area contributed by atoms with E-state index in [0.29, 0.717) is 12.4 Å². The maximum Gasteiger partial charge on any atom is 0.194 e. The molecular formula is C16H25N3OSi. The largest absolute Gasteiger partial charge is 0.400 e. The smallest absolute Gasteiger partial charge is 0.194 e. The van der Waals surface area contributed by atoms with Crippen molar-refractivity contribution < 1.29 is 4.43 Å². The average Bonchev–Trinajstić information content (AvgIpc) is 2.40. The highest BCUT2D eigenvalue weighted by atomic mass is 28.4. The molecule has 2 rings (SSSR count). The summed E-state index contributed by atoms with van der Waals surface area (Å²) in [7, 11) is -1.76. The molecular weight excluding hydrogens is 278 g/mol. The van der Waals surface area contributed by atoms with Gasteiger partial charge in [0.05, 0.1) is 23.1 Å². The minimum absolute atomic E-state index is 0.195. The number of rotatable bonds is 4. The van der Waals surface area contributed by atoms with E-state index in [0.717, 1.165) is 16.6 Å². The molecule has 0 spiro atoms. The number of nitrogens with zero attached hydrogens (tertiary/aromatic N) is 1. The zero-order valence-electron chi connectivity index (χ0n) is 13.5. The van der Waals surface area contributed by atoms with Gasteiger partial charge in [-0.15, -0.1) is 0 Å². The molecule has 0 unspecified atom stereocenters. The minimum atomic E-state index is -1.76. The van der Waals surface area contributed by atoms with Crippen molar-refractivity contribution in [3.63, 3.8) is 0 Å². The van der Waals surface area contributed by atoms with E-state index in [1.54, 1.807) is 6.20 Å². The second-order valence-electron chi connectivity index (χ2n) is 6.83. The Hall–Kier alpha value is -1.59. The monoisotopic (exact) mass is 303 g/mol. The van der Waals surface area contributed by atoms with Crippen LogP contribution in [0.1, 0.15) is 20.8 Å². The first-order valence-electron chi connectivity index (χ1n) is 7.23. The lowest BCUT2D eigenvalue weighted by molar-refractivity contribution is 0.314. The molecule has 2 aromatic rings. The lowest BCUT2D eigenvalue weighted by Crippen LogP contribution is -2.42. The van der Waals surface area contributed by atoms with Gasteiger partial charge in [-0.3, -0.25) is 4.98 Å². The summed E-state index contributed by atoms with van der Waals surface area (Å²) < 4.78 is 6.15. The first kappa shape index (κ1) is 15.8. The summed E-state index contributed by atoms with van der Waals surface area (Å²) in [4.78, 5) is 4.34. The summed E-state index contributed by atoms with van der Waals surface area (Å²) in [5, 5.41) is 4.55. The van der Waals surface area contributed by atoms with Gasteiger partial charge in [0.15, 0.2) is 8.32 Å². The molecule has 1 heterocycles. The van der Waals surface area contributed by atoms with Crippen LogP contribution in [0, 0.1) is 0 Å². The second-order valence-corrected chi connectivity index (χ2v) is 11.6. The molecule has 0 aliphatic carbocycles. The maximum atomic E-state index is 6.15. The number of hydrogen-bond donors (Lipinski definition) is 2. The number of benzene rings is 1. The van der Waals surface area contributed by atoms with Gasteiger partial charge in [-0.1, -0.05) is 39.0 Å². The summed E-state index contributed by atoms with van der Waals surface area (Å²) in [6.45, 7) is 11.6. The molecule has 0 atom stereocenters. The van der Waals surface area contributed by atoms with Gasteiger partial charge in [-0.05, 0) is 24.2 Å². The molecule has 0 saturated carbocycles. The highest BCUT2D eigenvalue weighted by Crippen LogP contribution is 2.36. The fourth-order valence-electron chi connectivity index (χ4n) is 1.86. The van der Waals surface area contributed by atoms with Crippen molar-refractivity contribution in [2.24, 2.45) is 0 Å². The summed E-state index contributed by atoms with van der Waals surface area (Å²) in [5.41, 5.74) is 8.53. The number of pyridine rings is 1. The molecule has 21 heavy (non-hydrogen) atoms. The van der Waals surface area contributed by atoms with Crippen molar-refractivity contribution in [3.05, 3.63) is 30.5 Å². The van der Waals surface area contributed by atoms with E-state index in [4.69, 9.17) is 10.2 Å². The number of para-hydroxylation sites is 1. The van der Waals surface area contributed by atoms with Gasteiger partial charge in [0.1, 0.15) is 6.73 Å². The van der Waals surface area contributed by atoms with E-state index in [9.17, 15) is 0 Å². The SMILES string of the molecule is CC(C)(C)[Si](C)(C)OCNc1c(N)cnc2ccccc12. The Kier molecular flexibility index (Phi) is 4.25. The third-order valence-electron chi connectivity index (χ3n) is 4.29. The van der Waals surface area contributed by atoms with Crippen molar-refractivity contribution >= 4 is 30.6 Å². The maximum absolute atomic E-state index is 6.15. The Morgan fingerprint density at radius 2 is 1.90 bits per heavy atom. The van der Waals surface area contributed by atoms with Crippen molar-refractivity contribution in [2.75, 3.05) is 17.8 Å². The molecule has 0 aliphatic rings. The van der Waals surface area contributed by atoms with Crippen LogP contribution >= 0.6 is 0 Å². The van der Waals surface area contributed by atoms with Crippen LogP contribution in [0.2, 0.25) is 18.1 Å². The Bertz CT molecular complexity index is 635. The van der Waals surface area contributed by atoms with E-state index >= 15 is 0 Å². The molecule has 114 valence electrons. The van der Waals surface area contributed by atoms with Crippen LogP contribution in [0.5, 0.6) is 0 Å². The van der Waals surface area contributed by atoms with Crippen molar-refractivity contribution in [2.45, 2.75) is 38.9 Å². The van der Waals surface area contributed by atoms with Crippen LogP contribution < -0.4 is 11.1 Å². The molecule has 1 aromatic carbocycles. The van der Waals surface area contributed by atoms with Crippen LogP contribution in [-0.2, 0) is 4.43 Å². The van der Waals surface area contributed by atoms with E-state index < -0.39 is 8.32 Å². The van der Waals surface area contributed by atoms with Crippen LogP contribution in [0.15, 0.2) is 30.5 Å². The normalized spacial score (nSPS) is 12.6. The predicted octanol–water partition coefficient (Wildman–Crippen LogP) is 4.21. The van der Waals surface area contributed by atoms with E-state index in [1.807, 2.05) is 24.3 Å². The topological polar surface area (TPSA) is 60.2 Å². The van der Waals surface area contributed by atoms with Gasteiger partial charge in [-0.25, -0.2) is 0 Å². The van der Waals surface area contributed by atoms with Gasteiger partial charge in [-0.2, -0.15) is 0 Å². The molecule has 3 N–H and O–H groups in total. The molecule has 5 heteroatoms. The number of nitrogens with one attached hydrogen (secondary N) is 1. The molecule has 0 amide bonds. The molecule has 0 bridgehead atoms. The molecule has 4 nitrogen and oxygen atoms in total. The molecule has 0 aliphatic heterocycles. The zero-order chi connectivity index (χ0) is 15.7. The van der Waals surface area contributed by atoms with E-state index in [2.05, 4.69) is 44.2 Å². The Labute approximate surface area is 127 Å². The third-order valence-corrected chi connectivity index (χ3v) is 8.77. The lowest BCUT2D eigenvalue weighted by Gasteiger charge is -2.36. The Morgan fingerprint density at radius 1 is 1.24 bits per heavy atom. The highest BCUT2D eigenvalue weighted by molar-refractivity contribution is 6.74. The van der Waals surface area contributed by atoms with Crippen molar-refractivity contribution in [1.82, 2.24) is 4.98 Å². The molecule has 1 aromatic heterocycles. The van der Waals surface area contributed by atoms with Gasteiger partial charge < -0.3 is 15.5 Å². The molecule has 0 saturated heterocycles.